The van der Waals surface area contributed by atoms with Crippen molar-refractivity contribution in [3.8, 4) is 0 Å². The van der Waals surface area contributed by atoms with E-state index in [1.807, 2.05) is 13.8 Å². The van der Waals surface area contributed by atoms with Gasteiger partial charge in [-0.2, -0.15) is 0 Å². The number of hydrogen-bond donors (Lipinski definition) is 2. The van der Waals surface area contributed by atoms with E-state index < -0.39 is 30.4 Å². The summed E-state index contributed by atoms with van der Waals surface area (Å²) in [6.45, 7) is 10.4. The largest absolute Gasteiger partial charge is 0.462 e. The van der Waals surface area contributed by atoms with Crippen LogP contribution in [0.1, 0.15) is 81.0 Å². The van der Waals surface area contributed by atoms with Gasteiger partial charge in [-0.3, -0.25) is 4.79 Å². The molecule has 0 unspecified atom stereocenters. The number of aryl methyl sites for hydroxylation is 1. The Kier molecular flexibility index (Phi) is 8.59. The molecule has 9 nitrogen and oxygen atoms in total. The van der Waals surface area contributed by atoms with Gasteiger partial charge in [-0.1, -0.05) is 13.8 Å². The lowest BCUT2D eigenvalue weighted by molar-refractivity contribution is -0.119. The van der Waals surface area contributed by atoms with Crippen LogP contribution in [-0.2, 0) is 19.0 Å². The summed E-state index contributed by atoms with van der Waals surface area (Å²) < 4.78 is 15.2. The summed E-state index contributed by atoms with van der Waals surface area (Å²) in [7, 11) is 0. The molecule has 0 spiro atoms. The normalized spacial score (nSPS) is 10.7. The third-order valence-corrected chi connectivity index (χ3v) is 5.88. The molecule has 0 atom stereocenters. The van der Waals surface area contributed by atoms with Crippen LogP contribution in [-0.4, -0.2) is 48.6 Å². The van der Waals surface area contributed by atoms with Crippen LogP contribution in [0.3, 0.4) is 0 Å². The number of amides is 1. The molecule has 2 aromatic rings. The molecule has 2 aromatic heterocycles. The molecule has 2 N–H and O–H groups in total. The maximum atomic E-state index is 12.5. The number of carbonyl (C=O) groups excluding carboxylic acids is 4. The molecule has 0 aliphatic heterocycles. The summed E-state index contributed by atoms with van der Waals surface area (Å²) in [4.78, 5) is 52.9. The quantitative estimate of drug-likeness (QED) is 0.425. The third kappa shape index (κ3) is 5.76. The van der Waals surface area contributed by atoms with E-state index in [0.717, 1.165) is 4.88 Å². The topological polar surface area (TPSA) is 124 Å². The van der Waals surface area contributed by atoms with E-state index in [1.165, 1.54) is 11.3 Å². The number of rotatable bonds is 9. The van der Waals surface area contributed by atoms with Crippen LogP contribution in [0, 0.1) is 13.8 Å². The number of H-pyrrole nitrogens is 1. The first-order valence-corrected chi connectivity index (χ1v) is 11.1. The molecule has 0 bridgehead atoms. The Labute approximate surface area is 190 Å². The van der Waals surface area contributed by atoms with Crippen molar-refractivity contribution in [2.45, 2.75) is 47.5 Å². The molecular weight excluding hydrogens is 436 g/mol. The van der Waals surface area contributed by atoms with Gasteiger partial charge in [0.15, 0.2) is 6.61 Å². The van der Waals surface area contributed by atoms with Crippen LogP contribution in [0.15, 0.2) is 6.07 Å². The van der Waals surface area contributed by atoms with E-state index in [-0.39, 0.29) is 36.0 Å². The number of aromatic nitrogens is 1. The summed E-state index contributed by atoms with van der Waals surface area (Å²) >= 11 is 1.27. The number of aromatic amines is 1. The fourth-order valence-electron chi connectivity index (χ4n) is 2.98. The fraction of sp³-hybridized carbons (Fsp3) is 0.455. The lowest BCUT2D eigenvalue weighted by Gasteiger charge is -2.07. The standard InChI is InChI=1S/C22H28N2O7S/c1-7-29-20(26)14-9-15(11(3)4)32-19(14)24-16(25)10-31-22(28)18-12(5)17(13(6)23-18)21(27)30-8-2/h9,11,23H,7-8,10H2,1-6H3,(H,24,25). The zero-order valence-electron chi connectivity index (χ0n) is 19.0. The number of thiophene rings is 1. The zero-order chi connectivity index (χ0) is 24.0. The average molecular weight is 465 g/mol. The molecule has 10 heteroatoms. The van der Waals surface area contributed by atoms with Crippen molar-refractivity contribution >= 4 is 40.2 Å². The molecule has 1 amide bonds. The Hall–Kier alpha value is -3.14. The number of hydrogen-bond acceptors (Lipinski definition) is 8. The van der Waals surface area contributed by atoms with Gasteiger partial charge in [-0.15, -0.1) is 11.3 Å². The molecule has 0 saturated carbocycles. The van der Waals surface area contributed by atoms with Gasteiger partial charge in [0.2, 0.25) is 0 Å². The molecule has 0 aromatic carbocycles. The summed E-state index contributed by atoms with van der Waals surface area (Å²) in [5.41, 5.74) is 1.45. The molecule has 0 fully saturated rings. The summed E-state index contributed by atoms with van der Waals surface area (Å²) in [6, 6.07) is 1.69. The highest BCUT2D eigenvalue weighted by Crippen LogP contribution is 2.33. The number of anilines is 1. The van der Waals surface area contributed by atoms with Gasteiger partial charge in [0, 0.05) is 10.6 Å². The lowest BCUT2D eigenvalue weighted by atomic mass is 10.1. The Balaban J connectivity index is 2.09. The predicted molar refractivity (Wildman–Crippen MR) is 119 cm³/mol. The molecule has 0 saturated heterocycles. The van der Waals surface area contributed by atoms with E-state index in [2.05, 4.69) is 10.3 Å². The lowest BCUT2D eigenvalue weighted by Crippen LogP contribution is -2.22. The molecule has 0 aliphatic rings. The number of ether oxygens (including phenoxy) is 3. The van der Waals surface area contributed by atoms with Crippen molar-refractivity contribution in [2.75, 3.05) is 25.1 Å². The van der Waals surface area contributed by atoms with Crippen LogP contribution < -0.4 is 5.32 Å². The second kappa shape index (κ2) is 10.9. The van der Waals surface area contributed by atoms with Gasteiger partial charge in [-0.25, -0.2) is 14.4 Å². The molecule has 0 radical (unpaired) electrons. The first-order chi connectivity index (χ1) is 15.1. The highest BCUT2D eigenvalue weighted by atomic mass is 32.1. The predicted octanol–water partition coefficient (Wildman–Crippen LogP) is 3.97. The van der Waals surface area contributed by atoms with Crippen molar-refractivity contribution in [3.63, 3.8) is 0 Å². The van der Waals surface area contributed by atoms with E-state index in [0.29, 0.717) is 16.3 Å². The van der Waals surface area contributed by atoms with Crippen LogP contribution >= 0.6 is 11.3 Å². The van der Waals surface area contributed by atoms with Crippen LogP contribution in [0.4, 0.5) is 5.00 Å². The Morgan fingerprint density at radius 1 is 1.00 bits per heavy atom. The SMILES string of the molecule is CCOC(=O)c1cc(C(C)C)sc1NC(=O)COC(=O)c1[nH]c(C)c(C(=O)OCC)c1C. The molecular formula is C22H28N2O7S. The van der Waals surface area contributed by atoms with Gasteiger partial charge in [0.1, 0.15) is 10.7 Å². The molecule has 32 heavy (non-hydrogen) atoms. The minimum atomic E-state index is -0.782. The van der Waals surface area contributed by atoms with E-state index >= 15 is 0 Å². The first-order valence-electron chi connectivity index (χ1n) is 10.2. The summed E-state index contributed by atoms with van der Waals surface area (Å²) in [5.74, 6) is -2.31. The molecule has 2 heterocycles. The monoisotopic (exact) mass is 464 g/mol. The van der Waals surface area contributed by atoms with Crippen molar-refractivity contribution in [1.29, 1.82) is 0 Å². The number of esters is 3. The van der Waals surface area contributed by atoms with Crippen molar-refractivity contribution < 1.29 is 33.4 Å². The van der Waals surface area contributed by atoms with Crippen molar-refractivity contribution in [2.24, 2.45) is 0 Å². The average Bonchev–Trinajstić information content (AvgIpc) is 3.27. The number of nitrogens with one attached hydrogen (secondary N) is 2. The van der Waals surface area contributed by atoms with Gasteiger partial charge in [0.25, 0.3) is 5.91 Å². The maximum absolute atomic E-state index is 12.5. The van der Waals surface area contributed by atoms with Gasteiger partial charge in [-0.05, 0) is 45.2 Å². The minimum absolute atomic E-state index is 0.0729. The zero-order valence-corrected chi connectivity index (χ0v) is 19.9. The highest BCUT2D eigenvalue weighted by molar-refractivity contribution is 7.16. The maximum Gasteiger partial charge on any atom is 0.355 e. The Bertz CT molecular complexity index is 1020. The molecule has 2 rings (SSSR count). The Morgan fingerprint density at radius 2 is 1.62 bits per heavy atom. The van der Waals surface area contributed by atoms with Crippen LogP contribution in [0.2, 0.25) is 0 Å². The van der Waals surface area contributed by atoms with Crippen molar-refractivity contribution in [1.82, 2.24) is 4.98 Å². The Morgan fingerprint density at radius 3 is 2.22 bits per heavy atom. The third-order valence-electron chi connectivity index (χ3n) is 4.52. The van der Waals surface area contributed by atoms with Gasteiger partial charge in [0.05, 0.1) is 24.3 Å². The second-order valence-electron chi connectivity index (χ2n) is 7.24. The molecule has 0 aliphatic carbocycles. The first kappa shape index (κ1) is 25.1. The highest BCUT2D eigenvalue weighted by Gasteiger charge is 2.25. The van der Waals surface area contributed by atoms with E-state index in [1.54, 1.807) is 33.8 Å². The van der Waals surface area contributed by atoms with Gasteiger partial charge < -0.3 is 24.5 Å². The van der Waals surface area contributed by atoms with E-state index in [4.69, 9.17) is 14.2 Å². The number of carbonyl (C=O) groups is 4. The van der Waals surface area contributed by atoms with Crippen molar-refractivity contribution in [3.05, 3.63) is 39.0 Å². The fourth-order valence-corrected chi connectivity index (χ4v) is 4.04. The van der Waals surface area contributed by atoms with Crippen LogP contribution in [0.5, 0.6) is 0 Å². The van der Waals surface area contributed by atoms with Crippen LogP contribution in [0.25, 0.3) is 0 Å². The van der Waals surface area contributed by atoms with Gasteiger partial charge >= 0.3 is 17.9 Å². The van der Waals surface area contributed by atoms with E-state index in [9.17, 15) is 19.2 Å². The summed E-state index contributed by atoms with van der Waals surface area (Å²) in [6.07, 6.45) is 0. The summed E-state index contributed by atoms with van der Waals surface area (Å²) in [5, 5.41) is 2.95. The molecule has 174 valence electrons. The minimum Gasteiger partial charge on any atom is -0.462 e. The second-order valence-corrected chi connectivity index (χ2v) is 8.32. The smallest absolute Gasteiger partial charge is 0.355 e.